The number of nitrogens with one attached hydrogen (secondary N) is 2. The molecule has 3 aliphatic carbocycles. The molecule has 0 bridgehead atoms. The van der Waals surface area contributed by atoms with E-state index in [-0.39, 0.29) is 11.3 Å². The van der Waals surface area contributed by atoms with E-state index < -0.39 is 0 Å². The quantitative estimate of drug-likeness (QED) is 0.336. The summed E-state index contributed by atoms with van der Waals surface area (Å²) in [7, 11) is 2.00. The van der Waals surface area contributed by atoms with Gasteiger partial charge in [-0.25, -0.2) is 0 Å². The van der Waals surface area contributed by atoms with Crippen LogP contribution in [-0.4, -0.2) is 20.7 Å². The average molecular weight is 521 g/mol. The van der Waals surface area contributed by atoms with Gasteiger partial charge in [0.1, 0.15) is 12.4 Å². The lowest BCUT2D eigenvalue weighted by Gasteiger charge is -2.49. The average Bonchev–Trinajstić information content (AvgIpc) is 3.65. The molecule has 0 aliphatic heterocycles. The van der Waals surface area contributed by atoms with Crippen LogP contribution < -0.4 is 10.1 Å². The van der Waals surface area contributed by atoms with Gasteiger partial charge < -0.3 is 14.6 Å². The first-order valence-corrected chi connectivity index (χ1v) is 14.3. The molecule has 1 fully saturated rings. The number of rotatable bonds is 6. The monoisotopic (exact) mass is 520 g/mol. The third-order valence-corrected chi connectivity index (χ3v) is 9.89. The highest BCUT2D eigenvalue weighted by Crippen LogP contribution is 2.60. The molecule has 7 rings (SSSR count). The second-order valence-electron chi connectivity index (χ2n) is 11.9. The number of aromatic nitrogens is 3. The maximum absolute atomic E-state index is 13.2. The second-order valence-corrected chi connectivity index (χ2v) is 11.9. The molecule has 2 N–H and O–H groups in total. The zero-order chi connectivity index (χ0) is 26.6. The van der Waals surface area contributed by atoms with Gasteiger partial charge in [0, 0.05) is 35.6 Å². The van der Waals surface area contributed by atoms with Crippen LogP contribution in [0.1, 0.15) is 76.2 Å². The molecular formula is C33H36N4O2. The summed E-state index contributed by atoms with van der Waals surface area (Å²) in [4.78, 5) is 13.2. The predicted octanol–water partition coefficient (Wildman–Crippen LogP) is 5.83. The molecule has 4 aromatic rings. The van der Waals surface area contributed by atoms with Crippen molar-refractivity contribution in [2.24, 2.45) is 18.9 Å². The van der Waals surface area contributed by atoms with Crippen molar-refractivity contribution in [3.63, 3.8) is 0 Å². The van der Waals surface area contributed by atoms with E-state index in [0.717, 1.165) is 36.3 Å². The van der Waals surface area contributed by atoms with E-state index in [1.807, 2.05) is 36.0 Å². The highest BCUT2D eigenvalue weighted by molar-refractivity contribution is 5.94. The molecule has 0 unspecified atom stereocenters. The van der Waals surface area contributed by atoms with Gasteiger partial charge in [-0.3, -0.25) is 9.89 Å². The lowest BCUT2D eigenvalue weighted by molar-refractivity contribution is 0.0936. The van der Waals surface area contributed by atoms with E-state index in [2.05, 4.69) is 64.9 Å². The van der Waals surface area contributed by atoms with Gasteiger partial charge in [0.2, 0.25) is 0 Å². The zero-order valence-electron chi connectivity index (χ0n) is 22.7. The van der Waals surface area contributed by atoms with E-state index >= 15 is 0 Å². The fourth-order valence-corrected chi connectivity index (χ4v) is 7.78. The minimum atomic E-state index is -0.0791. The Hall–Kier alpha value is -3.80. The summed E-state index contributed by atoms with van der Waals surface area (Å²) in [5, 5.41) is 10.9. The van der Waals surface area contributed by atoms with Crippen molar-refractivity contribution >= 4 is 5.91 Å². The molecule has 1 saturated carbocycles. The van der Waals surface area contributed by atoms with Gasteiger partial charge in [-0.05, 0) is 90.8 Å². The number of benzene rings is 2. The molecule has 1 amide bonds. The molecule has 2 aromatic carbocycles. The molecule has 39 heavy (non-hydrogen) atoms. The predicted molar refractivity (Wildman–Crippen MR) is 151 cm³/mol. The van der Waals surface area contributed by atoms with Crippen LogP contribution in [0.2, 0.25) is 0 Å². The number of carbonyl (C=O) groups is 1. The molecule has 6 nitrogen and oxygen atoms in total. The lowest BCUT2D eigenvalue weighted by Crippen LogP contribution is -2.43. The lowest BCUT2D eigenvalue weighted by atomic mass is 9.55. The van der Waals surface area contributed by atoms with E-state index in [1.54, 1.807) is 0 Å². The van der Waals surface area contributed by atoms with Crippen molar-refractivity contribution in [2.75, 3.05) is 0 Å². The molecule has 0 radical (unpaired) electrons. The molecule has 6 heteroatoms. The summed E-state index contributed by atoms with van der Waals surface area (Å²) in [6.45, 7) is 3.50. The Balaban J connectivity index is 1.08. The summed E-state index contributed by atoms with van der Waals surface area (Å²) in [6.07, 6.45) is 7.49. The third kappa shape index (κ3) is 4.08. The first-order valence-electron chi connectivity index (χ1n) is 14.3. The summed E-state index contributed by atoms with van der Waals surface area (Å²) < 4.78 is 8.18. The van der Waals surface area contributed by atoms with Crippen LogP contribution in [0.25, 0.3) is 0 Å². The van der Waals surface area contributed by atoms with Crippen molar-refractivity contribution < 1.29 is 9.53 Å². The summed E-state index contributed by atoms with van der Waals surface area (Å²) in [5.41, 5.74) is 8.20. The Bertz CT molecular complexity index is 1520. The largest absolute Gasteiger partial charge is 0.489 e. The van der Waals surface area contributed by atoms with Crippen molar-refractivity contribution in [3.05, 3.63) is 106 Å². The Labute approximate surface area is 229 Å². The minimum absolute atomic E-state index is 0.0520. The fourth-order valence-electron chi connectivity index (χ4n) is 7.78. The molecule has 2 heterocycles. The third-order valence-electron chi connectivity index (χ3n) is 9.89. The number of ether oxygens (including phenoxy) is 1. The zero-order valence-corrected chi connectivity index (χ0v) is 22.7. The molecule has 2 aromatic heterocycles. The Morgan fingerprint density at radius 1 is 1.15 bits per heavy atom. The van der Waals surface area contributed by atoms with Crippen LogP contribution >= 0.6 is 0 Å². The Kier molecular flexibility index (Phi) is 5.87. The first kappa shape index (κ1) is 24.3. The number of fused-ring (bicyclic) bond motifs is 7. The van der Waals surface area contributed by atoms with Crippen molar-refractivity contribution in [2.45, 2.75) is 63.5 Å². The van der Waals surface area contributed by atoms with Gasteiger partial charge in [-0.15, -0.1) is 0 Å². The van der Waals surface area contributed by atoms with Crippen LogP contribution in [0.4, 0.5) is 0 Å². The van der Waals surface area contributed by atoms with Gasteiger partial charge in [-0.2, -0.15) is 5.10 Å². The van der Waals surface area contributed by atoms with E-state index in [0.29, 0.717) is 36.6 Å². The maximum Gasteiger partial charge on any atom is 0.272 e. The Morgan fingerprint density at radius 2 is 2.03 bits per heavy atom. The van der Waals surface area contributed by atoms with E-state index in [1.165, 1.54) is 35.2 Å². The highest BCUT2D eigenvalue weighted by atomic mass is 16.5. The van der Waals surface area contributed by atoms with Crippen LogP contribution in [-0.2, 0) is 38.5 Å². The number of aromatic amines is 1. The van der Waals surface area contributed by atoms with Gasteiger partial charge >= 0.3 is 0 Å². The summed E-state index contributed by atoms with van der Waals surface area (Å²) >= 11 is 0. The standard InChI is InChI=1S/C33H36N4O2/c1-33-15-14-26-25-13-11-24(39-20-21-7-4-3-5-8-21)17-22(25)10-12-27(26)29(33)18-28-30(35-36-31(28)33)32(38)34-19-23-9-6-16-37(23)2/h3-9,11,13,16-17,26-27,29H,10,12,14-15,18-20H2,1-2H3,(H,34,38)(H,35,36)/t26-,27-,29+,33+/m1/s1. The van der Waals surface area contributed by atoms with Crippen LogP contribution in [0.15, 0.2) is 66.9 Å². The number of amides is 1. The molecule has 4 atom stereocenters. The van der Waals surface area contributed by atoms with Gasteiger partial charge in [0.25, 0.3) is 5.91 Å². The topological polar surface area (TPSA) is 71.9 Å². The van der Waals surface area contributed by atoms with Gasteiger partial charge in [-0.1, -0.05) is 43.3 Å². The number of hydrogen-bond donors (Lipinski definition) is 2. The normalized spacial score (nSPS) is 24.8. The summed E-state index contributed by atoms with van der Waals surface area (Å²) in [6, 6.07) is 21.1. The number of nitrogens with zero attached hydrogens (tertiary/aromatic N) is 2. The van der Waals surface area contributed by atoms with E-state index in [4.69, 9.17) is 4.74 Å². The minimum Gasteiger partial charge on any atom is -0.489 e. The van der Waals surface area contributed by atoms with Gasteiger partial charge in [0.15, 0.2) is 5.69 Å². The van der Waals surface area contributed by atoms with Crippen molar-refractivity contribution in [1.29, 1.82) is 0 Å². The van der Waals surface area contributed by atoms with E-state index in [9.17, 15) is 4.79 Å². The number of aryl methyl sites for hydroxylation is 2. The van der Waals surface area contributed by atoms with Crippen LogP contribution in [0.5, 0.6) is 5.75 Å². The van der Waals surface area contributed by atoms with Crippen LogP contribution in [0.3, 0.4) is 0 Å². The number of hydrogen-bond acceptors (Lipinski definition) is 3. The number of carbonyl (C=O) groups excluding carboxylic acids is 1. The SMILES string of the molecule is Cn1cccc1CNC(=O)c1n[nH]c2c1C[C@H]1[C@@H]3CCc4cc(OCc5ccccc5)ccc4[C@H]3CC[C@]21C. The van der Waals surface area contributed by atoms with Gasteiger partial charge in [0.05, 0.1) is 6.54 Å². The smallest absolute Gasteiger partial charge is 0.272 e. The molecular weight excluding hydrogens is 484 g/mol. The van der Waals surface area contributed by atoms with Crippen molar-refractivity contribution in [3.8, 4) is 5.75 Å². The maximum atomic E-state index is 13.2. The molecule has 200 valence electrons. The Morgan fingerprint density at radius 3 is 2.85 bits per heavy atom. The first-order chi connectivity index (χ1) is 19.0. The molecule has 0 saturated heterocycles. The van der Waals surface area contributed by atoms with Crippen LogP contribution in [0, 0.1) is 11.8 Å². The van der Waals surface area contributed by atoms with Crippen molar-refractivity contribution in [1.82, 2.24) is 20.1 Å². The molecule has 3 aliphatic rings. The highest BCUT2D eigenvalue weighted by Gasteiger charge is 2.54. The number of H-pyrrole nitrogens is 1. The molecule has 0 spiro atoms. The summed E-state index contributed by atoms with van der Waals surface area (Å²) in [5.74, 6) is 2.60. The second kappa shape index (κ2) is 9.44. The fraction of sp³-hybridized carbons (Fsp3) is 0.394.